The summed E-state index contributed by atoms with van der Waals surface area (Å²) >= 11 is 0. The highest BCUT2D eigenvalue weighted by Gasteiger charge is 2.25. The zero-order valence-corrected chi connectivity index (χ0v) is 14.9. The Balaban J connectivity index is 1.37. The van der Waals surface area contributed by atoms with Gasteiger partial charge in [0.1, 0.15) is 5.82 Å². The van der Waals surface area contributed by atoms with Crippen LogP contribution < -0.4 is 15.5 Å². The topological polar surface area (TPSA) is 70.2 Å². The van der Waals surface area contributed by atoms with Crippen LogP contribution >= 0.6 is 0 Å². The molecule has 1 amide bonds. The lowest BCUT2D eigenvalue weighted by atomic mass is 9.92. The molecule has 3 heterocycles. The van der Waals surface area contributed by atoms with Gasteiger partial charge in [-0.1, -0.05) is 18.2 Å². The van der Waals surface area contributed by atoms with Crippen molar-refractivity contribution < 1.29 is 4.79 Å². The van der Waals surface area contributed by atoms with Gasteiger partial charge in [-0.3, -0.25) is 9.78 Å². The van der Waals surface area contributed by atoms with Crippen LogP contribution in [0, 0.1) is 0 Å². The molecule has 2 saturated heterocycles. The van der Waals surface area contributed by atoms with Crippen molar-refractivity contribution in [2.24, 2.45) is 0 Å². The number of hydrogen-bond donors (Lipinski definition) is 2. The first-order valence-corrected chi connectivity index (χ1v) is 9.43. The van der Waals surface area contributed by atoms with Gasteiger partial charge in [0.25, 0.3) is 5.91 Å². The first-order valence-electron chi connectivity index (χ1n) is 9.43. The molecule has 1 aromatic carbocycles. The Bertz CT molecular complexity index is 737. The van der Waals surface area contributed by atoms with Gasteiger partial charge >= 0.3 is 0 Å². The van der Waals surface area contributed by atoms with E-state index >= 15 is 0 Å². The number of anilines is 1. The fourth-order valence-corrected chi connectivity index (χ4v) is 3.95. The monoisotopic (exact) mass is 351 g/mol. The number of hydrogen-bond acceptors (Lipinski definition) is 5. The van der Waals surface area contributed by atoms with Gasteiger partial charge in [-0.2, -0.15) is 0 Å². The van der Waals surface area contributed by atoms with Crippen LogP contribution in [0.25, 0.3) is 0 Å². The number of nitrogens with zero attached hydrogens (tertiary/aromatic N) is 3. The minimum atomic E-state index is 0.0606. The molecule has 1 atom stereocenters. The predicted molar refractivity (Wildman–Crippen MR) is 101 cm³/mol. The Hall–Kier alpha value is -2.47. The number of carbonyl (C=O) groups is 1. The molecule has 0 bridgehead atoms. The largest absolute Gasteiger partial charge is 0.355 e. The number of benzene rings is 1. The van der Waals surface area contributed by atoms with E-state index in [9.17, 15) is 4.79 Å². The van der Waals surface area contributed by atoms with Crippen LogP contribution in [0.3, 0.4) is 0 Å². The third-order valence-corrected chi connectivity index (χ3v) is 5.41. The molecule has 6 heteroatoms. The van der Waals surface area contributed by atoms with E-state index in [-0.39, 0.29) is 11.9 Å². The molecule has 2 aliphatic heterocycles. The summed E-state index contributed by atoms with van der Waals surface area (Å²) in [7, 11) is 0. The van der Waals surface area contributed by atoms with E-state index in [1.165, 1.54) is 5.56 Å². The summed E-state index contributed by atoms with van der Waals surface area (Å²) in [5.41, 5.74) is 2.00. The molecule has 2 N–H and O–H groups in total. The first kappa shape index (κ1) is 17.0. The van der Waals surface area contributed by atoms with Crippen molar-refractivity contribution in [1.29, 1.82) is 0 Å². The summed E-state index contributed by atoms with van der Waals surface area (Å²) in [5, 5.41) is 6.64. The van der Waals surface area contributed by atoms with Crippen molar-refractivity contribution in [2.45, 2.75) is 31.2 Å². The van der Waals surface area contributed by atoms with Crippen LogP contribution in [0.15, 0.2) is 42.9 Å². The summed E-state index contributed by atoms with van der Waals surface area (Å²) in [6.07, 6.45) is 8.16. The highest BCUT2D eigenvalue weighted by Crippen LogP contribution is 2.26. The van der Waals surface area contributed by atoms with Gasteiger partial charge in [0.2, 0.25) is 0 Å². The molecular formula is C20H25N5O. The SMILES string of the molecule is O=C(NC1CCN(c2cnccn2)CC1)c1ccccc1C1CCNC1. The first-order chi connectivity index (χ1) is 12.8. The van der Waals surface area contributed by atoms with Crippen LogP contribution in [0.1, 0.15) is 41.1 Å². The van der Waals surface area contributed by atoms with Gasteiger partial charge in [-0.15, -0.1) is 0 Å². The van der Waals surface area contributed by atoms with Crippen LogP contribution in [0.2, 0.25) is 0 Å². The molecule has 2 aliphatic rings. The van der Waals surface area contributed by atoms with Crippen LogP contribution in [0.5, 0.6) is 0 Å². The van der Waals surface area contributed by atoms with Gasteiger partial charge in [0, 0.05) is 43.6 Å². The van der Waals surface area contributed by atoms with Gasteiger partial charge in [-0.05, 0) is 43.4 Å². The fourth-order valence-electron chi connectivity index (χ4n) is 3.95. The predicted octanol–water partition coefficient (Wildman–Crippen LogP) is 1.95. The zero-order valence-electron chi connectivity index (χ0n) is 14.9. The van der Waals surface area contributed by atoms with Gasteiger partial charge < -0.3 is 15.5 Å². The molecule has 0 radical (unpaired) electrons. The van der Waals surface area contributed by atoms with E-state index in [0.29, 0.717) is 5.92 Å². The maximum atomic E-state index is 12.9. The lowest BCUT2D eigenvalue weighted by molar-refractivity contribution is 0.0929. The molecular weight excluding hydrogens is 326 g/mol. The molecule has 1 unspecified atom stereocenters. The minimum Gasteiger partial charge on any atom is -0.355 e. The molecule has 0 aliphatic carbocycles. The van der Waals surface area contributed by atoms with Crippen molar-refractivity contribution in [1.82, 2.24) is 20.6 Å². The summed E-state index contributed by atoms with van der Waals surface area (Å²) in [4.78, 5) is 23.6. The fraction of sp³-hybridized carbons (Fsp3) is 0.450. The third kappa shape index (κ3) is 3.70. The quantitative estimate of drug-likeness (QED) is 0.881. The number of piperidine rings is 1. The second-order valence-corrected chi connectivity index (χ2v) is 7.08. The molecule has 26 heavy (non-hydrogen) atoms. The standard InChI is InChI=1S/C20H25N5O/c26-20(18-4-2-1-3-17(18)15-5-8-21-13-15)24-16-6-11-25(12-7-16)19-14-22-9-10-23-19/h1-4,9-10,14-16,21H,5-8,11-13H2,(H,24,26). The second-order valence-electron chi connectivity index (χ2n) is 7.08. The highest BCUT2D eigenvalue weighted by atomic mass is 16.1. The third-order valence-electron chi connectivity index (χ3n) is 5.41. The number of nitrogens with one attached hydrogen (secondary N) is 2. The second kappa shape index (κ2) is 7.83. The smallest absolute Gasteiger partial charge is 0.251 e. The summed E-state index contributed by atoms with van der Waals surface area (Å²) < 4.78 is 0. The maximum absolute atomic E-state index is 12.9. The average molecular weight is 351 g/mol. The van der Waals surface area contributed by atoms with Gasteiger partial charge in [-0.25, -0.2) is 4.98 Å². The highest BCUT2D eigenvalue weighted by molar-refractivity contribution is 5.96. The van der Waals surface area contributed by atoms with Crippen LogP contribution in [0.4, 0.5) is 5.82 Å². The molecule has 2 aromatic rings. The Morgan fingerprint density at radius 3 is 2.73 bits per heavy atom. The summed E-state index contributed by atoms with van der Waals surface area (Å²) in [5.74, 6) is 1.41. The zero-order chi connectivity index (χ0) is 17.8. The molecule has 6 nitrogen and oxygen atoms in total. The molecule has 4 rings (SSSR count). The Labute approximate surface area is 154 Å². The van der Waals surface area contributed by atoms with Crippen molar-refractivity contribution in [3.8, 4) is 0 Å². The lowest BCUT2D eigenvalue weighted by Crippen LogP contribution is -2.45. The number of rotatable bonds is 4. The van der Waals surface area contributed by atoms with E-state index in [1.54, 1.807) is 18.6 Å². The molecule has 1 aromatic heterocycles. The van der Waals surface area contributed by atoms with Crippen molar-refractivity contribution in [3.63, 3.8) is 0 Å². The summed E-state index contributed by atoms with van der Waals surface area (Å²) in [6, 6.07) is 8.26. The summed E-state index contributed by atoms with van der Waals surface area (Å²) in [6.45, 7) is 3.76. The van der Waals surface area contributed by atoms with Crippen molar-refractivity contribution in [2.75, 3.05) is 31.1 Å². The van der Waals surface area contributed by atoms with Crippen LogP contribution in [-0.2, 0) is 0 Å². The van der Waals surface area contributed by atoms with E-state index in [4.69, 9.17) is 0 Å². The molecule has 0 saturated carbocycles. The van der Waals surface area contributed by atoms with Crippen molar-refractivity contribution in [3.05, 3.63) is 54.0 Å². The normalized spacial score (nSPS) is 20.9. The average Bonchev–Trinajstić information content (AvgIpc) is 3.24. The van der Waals surface area contributed by atoms with Crippen LogP contribution in [-0.4, -0.2) is 48.1 Å². The Morgan fingerprint density at radius 2 is 2.00 bits per heavy atom. The number of aromatic nitrogens is 2. The van der Waals surface area contributed by atoms with E-state index in [1.807, 2.05) is 18.2 Å². The number of amides is 1. The van der Waals surface area contributed by atoms with Gasteiger partial charge in [0.05, 0.1) is 6.20 Å². The molecule has 0 spiro atoms. The maximum Gasteiger partial charge on any atom is 0.251 e. The Morgan fingerprint density at radius 1 is 1.15 bits per heavy atom. The van der Waals surface area contributed by atoms with Gasteiger partial charge in [0.15, 0.2) is 0 Å². The molecule has 136 valence electrons. The Kier molecular flexibility index (Phi) is 5.11. The van der Waals surface area contributed by atoms with E-state index in [0.717, 1.165) is 56.8 Å². The number of carbonyl (C=O) groups excluding carboxylic acids is 1. The van der Waals surface area contributed by atoms with Crippen molar-refractivity contribution >= 4 is 11.7 Å². The molecule has 2 fully saturated rings. The van der Waals surface area contributed by atoms with E-state index in [2.05, 4.69) is 31.6 Å². The lowest BCUT2D eigenvalue weighted by Gasteiger charge is -2.33. The van der Waals surface area contributed by atoms with E-state index < -0.39 is 0 Å². The minimum absolute atomic E-state index is 0.0606.